The first kappa shape index (κ1) is 13.2. The third-order valence-electron chi connectivity index (χ3n) is 2.07. The number of ether oxygens (including phenoxy) is 1. The summed E-state index contributed by atoms with van der Waals surface area (Å²) in [6.45, 7) is 5.47. The predicted molar refractivity (Wildman–Crippen MR) is 70.2 cm³/mol. The Kier molecular flexibility index (Phi) is 4.70. The van der Waals surface area contributed by atoms with Gasteiger partial charge in [0.05, 0.1) is 11.7 Å². The Morgan fingerprint density at radius 2 is 1.76 bits per heavy atom. The van der Waals surface area contributed by atoms with E-state index in [1.54, 1.807) is 6.08 Å². The minimum absolute atomic E-state index is 0.234. The van der Waals surface area contributed by atoms with Gasteiger partial charge in [0.25, 0.3) is 0 Å². The van der Waals surface area contributed by atoms with Crippen molar-refractivity contribution in [2.45, 2.75) is 20.8 Å². The van der Waals surface area contributed by atoms with Crippen LogP contribution in [0.1, 0.15) is 26.3 Å². The highest BCUT2D eigenvalue weighted by atomic mass is 16.5. The number of carbonyl (C=O) groups excluding carboxylic acids is 1. The molecule has 0 saturated carbocycles. The summed E-state index contributed by atoms with van der Waals surface area (Å²) in [5.41, 5.74) is 0.646. The Bertz CT molecular complexity index is 408. The Balaban J connectivity index is 2.42. The minimum Gasteiger partial charge on any atom is -0.434 e. The third-order valence-corrected chi connectivity index (χ3v) is 2.07. The first-order valence-electron chi connectivity index (χ1n) is 5.59. The Hall–Kier alpha value is -1.83. The van der Waals surface area contributed by atoms with Gasteiger partial charge in [0.2, 0.25) is 0 Å². The molecule has 0 N–H and O–H groups in total. The van der Waals surface area contributed by atoms with Gasteiger partial charge >= 0.3 is 5.97 Å². The lowest BCUT2D eigenvalue weighted by molar-refractivity contribution is -0.146. The second-order valence-electron chi connectivity index (χ2n) is 4.75. The first-order chi connectivity index (χ1) is 8.00. The van der Waals surface area contributed by atoms with Gasteiger partial charge in [-0.15, -0.1) is 0 Å². The molecule has 1 aromatic rings. The Labute approximate surface area is 103 Å². The van der Waals surface area contributed by atoms with Crippen molar-refractivity contribution in [2.24, 2.45) is 5.41 Å². The minimum atomic E-state index is -0.465. The smallest absolute Gasteiger partial charge is 0.316 e. The molecule has 0 unspecified atom stereocenters. The van der Waals surface area contributed by atoms with Gasteiger partial charge in [0.15, 0.2) is 0 Å². The van der Waals surface area contributed by atoms with Gasteiger partial charge in [-0.1, -0.05) is 42.5 Å². The van der Waals surface area contributed by atoms with Crippen molar-refractivity contribution in [3.8, 4) is 0 Å². The van der Waals surface area contributed by atoms with E-state index in [4.69, 9.17) is 4.74 Å². The van der Waals surface area contributed by atoms with Crippen LogP contribution in [-0.2, 0) is 9.53 Å². The van der Waals surface area contributed by atoms with Crippen molar-refractivity contribution in [3.05, 3.63) is 54.3 Å². The van der Waals surface area contributed by atoms with Crippen molar-refractivity contribution in [1.82, 2.24) is 0 Å². The SMILES string of the molecule is CC(C)(C)C(=O)O/C=C/C=C/c1ccccc1. The van der Waals surface area contributed by atoms with Crippen LogP contribution in [-0.4, -0.2) is 5.97 Å². The highest BCUT2D eigenvalue weighted by Crippen LogP contribution is 2.15. The van der Waals surface area contributed by atoms with Crippen molar-refractivity contribution in [2.75, 3.05) is 0 Å². The van der Waals surface area contributed by atoms with Gasteiger partial charge in [-0.3, -0.25) is 4.79 Å². The maximum absolute atomic E-state index is 11.4. The van der Waals surface area contributed by atoms with E-state index >= 15 is 0 Å². The number of allylic oxidation sites excluding steroid dienone is 2. The zero-order valence-corrected chi connectivity index (χ0v) is 10.5. The highest BCUT2D eigenvalue weighted by Gasteiger charge is 2.21. The van der Waals surface area contributed by atoms with E-state index in [-0.39, 0.29) is 5.97 Å². The van der Waals surface area contributed by atoms with Gasteiger partial charge in [0.1, 0.15) is 0 Å². The zero-order valence-electron chi connectivity index (χ0n) is 10.5. The molecular formula is C15H18O2. The van der Waals surface area contributed by atoms with E-state index in [1.807, 2.05) is 63.3 Å². The third kappa shape index (κ3) is 5.16. The molecule has 0 aliphatic heterocycles. The van der Waals surface area contributed by atoms with Crippen LogP contribution < -0.4 is 0 Å². The zero-order chi connectivity index (χ0) is 12.7. The van der Waals surface area contributed by atoms with Gasteiger partial charge in [-0.2, -0.15) is 0 Å². The van der Waals surface area contributed by atoms with Crippen LogP contribution >= 0.6 is 0 Å². The van der Waals surface area contributed by atoms with Gasteiger partial charge in [-0.05, 0) is 32.4 Å². The average molecular weight is 230 g/mol. The molecule has 0 aliphatic rings. The molecule has 0 fully saturated rings. The van der Waals surface area contributed by atoms with E-state index in [2.05, 4.69) is 0 Å². The van der Waals surface area contributed by atoms with Crippen LogP contribution in [0.4, 0.5) is 0 Å². The van der Waals surface area contributed by atoms with Crippen LogP contribution in [0, 0.1) is 5.41 Å². The lowest BCUT2D eigenvalue weighted by Crippen LogP contribution is -2.20. The molecule has 0 atom stereocenters. The highest BCUT2D eigenvalue weighted by molar-refractivity contribution is 5.75. The summed E-state index contributed by atoms with van der Waals surface area (Å²) in [6, 6.07) is 9.93. The number of esters is 1. The molecule has 2 nitrogen and oxygen atoms in total. The van der Waals surface area contributed by atoms with Gasteiger partial charge < -0.3 is 4.74 Å². The fourth-order valence-electron chi connectivity index (χ4n) is 1.05. The van der Waals surface area contributed by atoms with Crippen LogP contribution in [0.15, 0.2) is 48.7 Å². The molecule has 0 bridgehead atoms. The molecule has 0 aromatic heterocycles. The summed E-state index contributed by atoms with van der Waals surface area (Å²) in [5.74, 6) is -0.234. The fraction of sp³-hybridized carbons (Fsp3) is 0.267. The van der Waals surface area contributed by atoms with Crippen LogP contribution in [0.2, 0.25) is 0 Å². The van der Waals surface area contributed by atoms with Crippen molar-refractivity contribution < 1.29 is 9.53 Å². The Morgan fingerprint density at radius 1 is 1.12 bits per heavy atom. The van der Waals surface area contributed by atoms with E-state index in [0.717, 1.165) is 5.56 Å². The van der Waals surface area contributed by atoms with E-state index in [9.17, 15) is 4.79 Å². The average Bonchev–Trinajstić information content (AvgIpc) is 2.28. The normalized spacial score (nSPS) is 12.2. The molecule has 90 valence electrons. The molecule has 2 heteroatoms. The maximum Gasteiger partial charge on any atom is 0.316 e. The van der Waals surface area contributed by atoms with Crippen molar-refractivity contribution in [1.29, 1.82) is 0 Å². The van der Waals surface area contributed by atoms with Crippen LogP contribution in [0.5, 0.6) is 0 Å². The summed E-state index contributed by atoms with van der Waals surface area (Å²) in [5, 5.41) is 0. The van der Waals surface area contributed by atoms with Crippen LogP contribution in [0.25, 0.3) is 6.08 Å². The summed E-state index contributed by atoms with van der Waals surface area (Å²) in [4.78, 5) is 11.4. The Morgan fingerprint density at radius 3 is 2.35 bits per heavy atom. The number of rotatable bonds is 3. The van der Waals surface area contributed by atoms with Crippen molar-refractivity contribution >= 4 is 12.0 Å². The van der Waals surface area contributed by atoms with Gasteiger partial charge in [-0.25, -0.2) is 0 Å². The van der Waals surface area contributed by atoms with E-state index in [0.29, 0.717) is 0 Å². The summed E-state index contributed by atoms with van der Waals surface area (Å²) in [7, 11) is 0. The molecule has 0 aliphatic carbocycles. The van der Waals surface area contributed by atoms with Crippen LogP contribution in [0.3, 0.4) is 0 Å². The quantitative estimate of drug-likeness (QED) is 0.448. The number of hydrogen-bond acceptors (Lipinski definition) is 2. The van der Waals surface area contributed by atoms with Gasteiger partial charge in [0, 0.05) is 0 Å². The summed E-state index contributed by atoms with van der Waals surface area (Å²) >= 11 is 0. The summed E-state index contributed by atoms with van der Waals surface area (Å²) < 4.78 is 4.97. The molecule has 1 aromatic carbocycles. The molecule has 17 heavy (non-hydrogen) atoms. The lowest BCUT2D eigenvalue weighted by Gasteiger charge is -2.13. The molecule has 0 amide bonds. The maximum atomic E-state index is 11.4. The predicted octanol–water partition coefficient (Wildman–Crippen LogP) is 3.80. The topological polar surface area (TPSA) is 26.3 Å². The largest absolute Gasteiger partial charge is 0.434 e. The molecule has 0 heterocycles. The molecule has 0 spiro atoms. The van der Waals surface area contributed by atoms with E-state index in [1.165, 1.54) is 6.26 Å². The monoisotopic (exact) mass is 230 g/mol. The second kappa shape index (κ2) is 6.04. The van der Waals surface area contributed by atoms with E-state index < -0.39 is 5.41 Å². The fourth-order valence-corrected chi connectivity index (χ4v) is 1.05. The number of hydrogen-bond donors (Lipinski definition) is 0. The number of benzene rings is 1. The molecular weight excluding hydrogens is 212 g/mol. The lowest BCUT2D eigenvalue weighted by atomic mass is 9.98. The standard InChI is InChI=1S/C15H18O2/c1-15(2,3)14(16)17-12-8-7-11-13-9-5-4-6-10-13/h4-12H,1-3H3/b11-7+,12-8+. The molecule has 0 radical (unpaired) electrons. The first-order valence-corrected chi connectivity index (χ1v) is 5.59. The molecule has 0 saturated heterocycles. The summed E-state index contributed by atoms with van der Waals surface area (Å²) in [6.07, 6.45) is 6.90. The second-order valence-corrected chi connectivity index (χ2v) is 4.75. The number of carbonyl (C=O) groups is 1. The van der Waals surface area contributed by atoms with Crippen molar-refractivity contribution in [3.63, 3.8) is 0 Å². The molecule has 1 rings (SSSR count).